The summed E-state index contributed by atoms with van der Waals surface area (Å²) in [5, 5.41) is 10.9. The molecule has 1 aliphatic carbocycles. The van der Waals surface area contributed by atoms with Gasteiger partial charge in [-0.05, 0) is 47.2 Å². The fraction of sp³-hybridized carbons (Fsp3) is 0.583. The van der Waals surface area contributed by atoms with E-state index in [4.69, 9.17) is 10.5 Å². The molecule has 0 bridgehead atoms. The van der Waals surface area contributed by atoms with Gasteiger partial charge in [-0.25, -0.2) is 4.98 Å². The van der Waals surface area contributed by atoms with Gasteiger partial charge in [-0.2, -0.15) is 0 Å². The van der Waals surface area contributed by atoms with Crippen molar-refractivity contribution in [3.8, 4) is 5.88 Å². The maximum Gasteiger partial charge on any atom is 0.332 e. The summed E-state index contributed by atoms with van der Waals surface area (Å²) in [7, 11) is 0. The molecule has 0 spiro atoms. The average molecular weight is 330 g/mol. The topological polar surface area (TPSA) is 91.3 Å². The molecule has 0 aliphatic heterocycles. The summed E-state index contributed by atoms with van der Waals surface area (Å²) in [4.78, 5) is 14.4. The van der Waals surface area contributed by atoms with Crippen LogP contribution in [-0.4, -0.2) is 23.1 Å². The van der Waals surface area contributed by atoms with E-state index in [2.05, 4.69) is 20.9 Å². The van der Waals surface area contributed by atoms with Gasteiger partial charge >= 0.3 is 5.69 Å². The van der Waals surface area contributed by atoms with E-state index in [0.717, 1.165) is 19.3 Å². The van der Waals surface area contributed by atoms with E-state index in [1.165, 1.54) is 12.3 Å². The number of halogens is 1. The fourth-order valence-electron chi connectivity index (χ4n) is 2.49. The summed E-state index contributed by atoms with van der Waals surface area (Å²) in [5.74, 6) is 0.903. The zero-order valence-electron chi connectivity index (χ0n) is 10.4. The van der Waals surface area contributed by atoms with Gasteiger partial charge in [-0.15, -0.1) is 0 Å². The molecule has 1 aromatic heterocycles. The summed E-state index contributed by atoms with van der Waals surface area (Å²) in [6.07, 6.45) is 4.82. The molecule has 2 unspecified atom stereocenters. The zero-order chi connectivity index (χ0) is 13.8. The van der Waals surface area contributed by atoms with Gasteiger partial charge < -0.3 is 10.5 Å². The lowest BCUT2D eigenvalue weighted by Gasteiger charge is -2.17. The lowest BCUT2D eigenvalue weighted by atomic mass is 9.97. The number of nitro groups is 1. The van der Waals surface area contributed by atoms with Gasteiger partial charge in [0.2, 0.25) is 0 Å². The van der Waals surface area contributed by atoms with Crippen LogP contribution in [0, 0.1) is 22.0 Å². The number of pyridine rings is 1. The largest absolute Gasteiger partial charge is 0.473 e. The van der Waals surface area contributed by atoms with E-state index in [0.29, 0.717) is 29.5 Å². The number of rotatable bonds is 5. The summed E-state index contributed by atoms with van der Waals surface area (Å²) < 4.78 is 6.10. The van der Waals surface area contributed by atoms with Crippen molar-refractivity contribution in [1.82, 2.24) is 4.98 Å². The Morgan fingerprint density at radius 2 is 2.26 bits per heavy atom. The van der Waals surface area contributed by atoms with Gasteiger partial charge in [0, 0.05) is 16.7 Å². The SMILES string of the molecule is NCC1CCCC1COc1ncc(Br)cc1[N+](=O)[O-]. The molecule has 104 valence electrons. The van der Waals surface area contributed by atoms with Gasteiger partial charge in [-0.1, -0.05) is 6.42 Å². The molecule has 1 aliphatic rings. The van der Waals surface area contributed by atoms with E-state index < -0.39 is 4.92 Å². The highest BCUT2D eigenvalue weighted by Gasteiger charge is 2.28. The van der Waals surface area contributed by atoms with Gasteiger partial charge in [0.05, 0.1) is 11.5 Å². The van der Waals surface area contributed by atoms with Crippen LogP contribution in [0.3, 0.4) is 0 Å². The first kappa shape index (κ1) is 14.2. The molecule has 1 heterocycles. The molecule has 7 heteroatoms. The second-order valence-electron chi connectivity index (χ2n) is 4.73. The van der Waals surface area contributed by atoms with Gasteiger partial charge in [-0.3, -0.25) is 10.1 Å². The van der Waals surface area contributed by atoms with Gasteiger partial charge in [0.1, 0.15) is 0 Å². The van der Waals surface area contributed by atoms with E-state index in [1.807, 2.05) is 0 Å². The Kier molecular flexibility index (Phi) is 4.71. The van der Waals surface area contributed by atoms with Crippen molar-refractivity contribution in [3.05, 3.63) is 26.9 Å². The lowest BCUT2D eigenvalue weighted by molar-refractivity contribution is -0.386. The smallest absolute Gasteiger partial charge is 0.332 e. The van der Waals surface area contributed by atoms with Crippen molar-refractivity contribution < 1.29 is 9.66 Å². The van der Waals surface area contributed by atoms with E-state index in [9.17, 15) is 10.1 Å². The van der Waals surface area contributed by atoms with Crippen LogP contribution in [-0.2, 0) is 0 Å². The highest BCUT2D eigenvalue weighted by Crippen LogP contribution is 2.33. The Morgan fingerprint density at radius 1 is 1.53 bits per heavy atom. The van der Waals surface area contributed by atoms with Crippen molar-refractivity contribution in [2.45, 2.75) is 19.3 Å². The van der Waals surface area contributed by atoms with Crippen molar-refractivity contribution >= 4 is 21.6 Å². The quantitative estimate of drug-likeness (QED) is 0.661. The maximum absolute atomic E-state index is 10.9. The molecule has 0 radical (unpaired) electrons. The van der Waals surface area contributed by atoms with Crippen molar-refractivity contribution in [3.63, 3.8) is 0 Å². The first-order valence-corrected chi connectivity index (χ1v) is 7.04. The van der Waals surface area contributed by atoms with Crippen molar-refractivity contribution in [1.29, 1.82) is 0 Å². The normalized spacial score (nSPS) is 22.4. The van der Waals surface area contributed by atoms with Gasteiger partial charge in [0.15, 0.2) is 0 Å². The minimum Gasteiger partial charge on any atom is -0.473 e. The van der Waals surface area contributed by atoms with Crippen LogP contribution < -0.4 is 10.5 Å². The van der Waals surface area contributed by atoms with E-state index >= 15 is 0 Å². The Bertz CT molecular complexity index is 470. The predicted octanol–water partition coefficient (Wildman–Crippen LogP) is 2.51. The molecule has 0 saturated heterocycles. The summed E-state index contributed by atoms with van der Waals surface area (Å²) in [6.45, 7) is 1.08. The Morgan fingerprint density at radius 3 is 2.95 bits per heavy atom. The molecule has 2 N–H and O–H groups in total. The van der Waals surface area contributed by atoms with Crippen molar-refractivity contribution in [2.75, 3.05) is 13.2 Å². The molecule has 1 fully saturated rings. The van der Waals surface area contributed by atoms with Crippen LogP contribution >= 0.6 is 15.9 Å². The number of aromatic nitrogens is 1. The molecule has 0 amide bonds. The zero-order valence-corrected chi connectivity index (χ0v) is 12.0. The molecule has 0 aromatic carbocycles. The maximum atomic E-state index is 10.9. The highest BCUT2D eigenvalue weighted by atomic mass is 79.9. The summed E-state index contributed by atoms with van der Waals surface area (Å²) in [5.41, 5.74) is 5.59. The van der Waals surface area contributed by atoms with Crippen LogP contribution in [0.5, 0.6) is 5.88 Å². The second-order valence-corrected chi connectivity index (χ2v) is 5.65. The number of ether oxygens (including phenoxy) is 1. The standard InChI is InChI=1S/C12H16BrN3O3/c13-10-4-11(16(17)18)12(15-6-10)19-7-9-3-1-2-8(9)5-14/h4,6,8-9H,1-3,5,7,14H2. The molecule has 1 aromatic rings. The highest BCUT2D eigenvalue weighted by molar-refractivity contribution is 9.10. The third-order valence-corrected chi connectivity index (χ3v) is 3.98. The van der Waals surface area contributed by atoms with Crippen LogP contribution in [0.1, 0.15) is 19.3 Å². The minimum atomic E-state index is -0.484. The number of nitrogens with zero attached hydrogens (tertiary/aromatic N) is 2. The molecule has 6 nitrogen and oxygen atoms in total. The van der Waals surface area contributed by atoms with E-state index in [1.54, 1.807) is 0 Å². The van der Waals surface area contributed by atoms with Crippen LogP contribution in [0.2, 0.25) is 0 Å². The Labute approximate surface area is 119 Å². The molecule has 19 heavy (non-hydrogen) atoms. The molecular weight excluding hydrogens is 314 g/mol. The average Bonchev–Trinajstić information content (AvgIpc) is 2.84. The Balaban J connectivity index is 2.05. The molecule has 1 saturated carbocycles. The predicted molar refractivity (Wildman–Crippen MR) is 74.0 cm³/mol. The number of nitrogens with two attached hydrogens (primary N) is 1. The molecular formula is C12H16BrN3O3. The number of hydrogen-bond donors (Lipinski definition) is 1. The monoisotopic (exact) mass is 329 g/mol. The number of hydrogen-bond acceptors (Lipinski definition) is 5. The first-order chi connectivity index (χ1) is 9.11. The fourth-order valence-corrected chi connectivity index (χ4v) is 2.81. The van der Waals surface area contributed by atoms with Crippen LogP contribution in [0.25, 0.3) is 0 Å². The third kappa shape index (κ3) is 3.42. The van der Waals surface area contributed by atoms with Gasteiger partial charge in [0.25, 0.3) is 5.88 Å². The summed E-state index contributed by atoms with van der Waals surface area (Å²) in [6, 6.07) is 1.40. The minimum absolute atomic E-state index is 0.0795. The van der Waals surface area contributed by atoms with Crippen molar-refractivity contribution in [2.24, 2.45) is 17.6 Å². The lowest BCUT2D eigenvalue weighted by Crippen LogP contribution is -2.23. The van der Waals surface area contributed by atoms with Crippen LogP contribution in [0.4, 0.5) is 5.69 Å². The van der Waals surface area contributed by atoms with E-state index in [-0.39, 0.29) is 11.6 Å². The third-order valence-electron chi connectivity index (χ3n) is 3.55. The first-order valence-electron chi connectivity index (χ1n) is 6.24. The second kappa shape index (κ2) is 6.29. The Hall–Kier alpha value is -1.21. The van der Waals surface area contributed by atoms with Crippen LogP contribution in [0.15, 0.2) is 16.7 Å². The molecule has 2 rings (SSSR count). The summed E-state index contributed by atoms with van der Waals surface area (Å²) >= 11 is 3.16. The molecule has 2 atom stereocenters.